The van der Waals surface area contributed by atoms with Gasteiger partial charge in [0, 0.05) is 71.2 Å². The molecule has 8 rings (SSSR count). The zero-order chi connectivity index (χ0) is 49.7. The molecule has 0 aromatic rings. The van der Waals surface area contributed by atoms with Crippen LogP contribution in [0.5, 0.6) is 0 Å². The summed E-state index contributed by atoms with van der Waals surface area (Å²) in [7, 11) is 3.63. The first kappa shape index (κ1) is 54.0. The van der Waals surface area contributed by atoms with Crippen LogP contribution in [-0.4, -0.2) is 195 Å². The van der Waals surface area contributed by atoms with Gasteiger partial charge in [0.15, 0.2) is 5.79 Å². The molecule has 0 aromatic carbocycles. The standard InChI is InChI=1S/C52H85N3O15/c1-30-21-35-9-11-40-31(2)22-37(63-40)13-14-52-28-39(57)48(69-52)45-27-46(68-52)49-41(66-45)12-10-36(65-49)23-33(54-59)24-38-43(26-42(64-35)32(30)3)67-44(47(38)60-8)25-34(56)29-55(7)16-18-62-20-19-61-17-15-53-50(58)70-51(4,5)6/h30,34-49,56-57,59H,2-3,9-29H2,1,4-8H3,(H,53,58)/b54-33+/t30-,34+,35+,36-,37+,38?,39-,40+,41+,42-,43+,44-,45-,46-,47-,48+,49+,52-/m1/s1. The SMILES string of the molecule is C=C1C[C@@H]2CC[C@]34C[C@@H](O)[C@H](O3)[C@H]3C[C@@H](O4)[C@H]4O[C@H](CC[C@@H]4O3)C/C(=N\O)CC3[C@H](C[C@H]4O[C@@H](CC[C@@H]1O2)C[C@@H](C)C4=C)O[C@H](C[C@H](O)CN(C)CCOCCOCCNC(=O)OC(C)(C)C)[C@@H]3OC. The lowest BCUT2D eigenvalue weighted by molar-refractivity contribution is -0.276. The Morgan fingerprint density at radius 1 is 0.857 bits per heavy atom. The van der Waals surface area contributed by atoms with Crippen molar-refractivity contribution in [3.8, 4) is 0 Å². The molecule has 1 unspecified atom stereocenters. The Bertz CT molecular complexity index is 1780. The number of ether oxygens (including phenoxy) is 11. The number of aliphatic hydroxyl groups is 2. The molecule has 10 bridgehead atoms. The Hall–Kier alpha value is -2.30. The molecule has 4 N–H and O–H groups in total. The fourth-order valence-corrected chi connectivity index (χ4v) is 12.5. The number of carbonyl (C=O) groups is 1. The Balaban J connectivity index is 0.912. The Kier molecular flexibility index (Phi) is 18.4. The van der Waals surface area contributed by atoms with Crippen molar-refractivity contribution in [1.29, 1.82) is 0 Å². The Morgan fingerprint density at radius 3 is 2.39 bits per heavy atom. The molecule has 18 nitrogen and oxygen atoms in total. The highest BCUT2D eigenvalue weighted by Crippen LogP contribution is 2.49. The van der Waals surface area contributed by atoms with Gasteiger partial charge in [-0.2, -0.15) is 0 Å². The summed E-state index contributed by atoms with van der Waals surface area (Å²) in [5, 5.41) is 40.1. The molecule has 0 radical (unpaired) electrons. The van der Waals surface area contributed by atoms with Gasteiger partial charge in [0.05, 0.1) is 111 Å². The molecule has 398 valence electrons. The quantitative estimate of drug-likeness (QED) is 0.0763. The molecule has 18 heteroatoms. The Morgan fingerprint density at radius 2 is 1.61 bits per heavy atom. The average molecular weight is 992 g/mol. The minimum absolute atomic E-state index is 0.00499. The lowest BCUT2D eigenvalue weighted by Gasteiger charge is -2.47. The Labute approximate surface area is 415 Å². The maximum Gasteiger partial charge on any atom is 0.407 e. The molecule has 18 atom stereocenters. The number of nitrogens with one attached hydrogen (secondary N) is 1. The third-order valence-electron chi connectivity index (χ3n) is 15.9. The number of methoxy groups -OCH3 is 1. The molecular weight excluding hydrogens is 907 g/mol. The summed E-state index contributed by atoms with van der Waals surface area (Å²) in [6, 6.07) is 0. The first-order chi connectivity index (χ1) is 33.5. The van der Waals surface area contributed by atoms with Gasteiger partial charge < -0.3 is 77.7 Å². The molecule has 8 heterocycles. The van der Waals surface area contributed by atoms with Crippen molar-refractivity contribution in [2.45, 2.75) is 221 Å². The van der Waals surface area contributed by atoms with Crippen molar-refractivity contribution >= 4 is 11.8 Å². The number of nitrogens with zero attached hydrogens (tertiary/aromatic N) is 2. The summed E-state index contributed by atoms with van der Waals surface area (Å²) < 4.78 is 70.6. The zero-order valence-electron chi connectivity index (χ0n) is 42.7. The fraction of sp³-hybridized carbons (Fsp3) is 0.885. The number of amides is 1. The highest BCUT2D eigenvalue weighted by Gasteiger charge is 2.59. The van der Waals surface area contributed by atoms with E-state index in [2.05, 4.69) is 30.6 Å². The van der Waals surface area contributed by atoms with Crippen molar-refractivity contribution in [2.75, 3.05) is 60.2 Å². The lowest BCUT2D eigenvalue weighted by Crippen LogP contribution is -2.58. The van der Waals surface area contributed by atoms with Gasteiger partial charge in [-0.3, -0.25) is 0 Å². The predicted octanol–water partition coefficient (Wildman–Crippen LogP) is 5.21. The van der Waals surface area contributed by atoms with Gasteiger partial charge >= 0.3 is 6.09 Å². The maximum absolute atomic E-state index is 11.8. The molecule has 70 heavy (non-hydrogen) atoms. The van der Waals surface area contributed by atoms with E-state index in [-0.39, 0.29) is 72.9 Å². The summed E-state index contributed by atoms with van der Waals surface area (Å²) in [6.07, 6.45) is 3.33. The van der Waals surface area contributed by atoms with Gasteiger partial charge in [-0.25, -0.2) is 4.79 Å². The van der Waals surface area contributed by atoms with Crippen molar-refractivity contribution in [3.05, 3.63) is 24.3 Å². The monoisotopic (exact) mass is 992 g/mol. The lowest BCUT2D eigenvalue weighted by atomic mass is 9.81. The van der Waals surface area contributed by atoms with Gasteiger partial charge in [0.1, 0.15) is 17.8 Å². The predicted molar refractivity (Wildman–Crippen MR) is 257 cm³/mol. The average Bonchev–Trinajstić information content (AvgIpc) is 3.91. The summed E-state index contributed by atoms with van der Waals surface area (Å²) in [5.74, 6) is -0.951. The highest BCUT2D eigenvalue weighted by atomic mass is 16.7. The van der Waals surface area contributed by atoms with Crippen LogP contribution in [-0.2, 0) is 52.1 Å². The second-order valence-corrected chi connectivity index (χ2v) is 22.5. The van der Waals surface area contributed by atoms with Gasteiger partial charge in [0.2, 0.25) is 0 Å². The van der Waals surface area contributed by atoms with E-state index in [1.807, 2.05) is 32.7 Å². The summed E-state index contributed by atoms with van der Waals surface area (Å²) >= 11 is 0. The van der Waals surface area contributed by atoms with E-state index in [9.17, 15) is 20.2 Å². The molecule has 8 fully saturated rings. The van der Waals surface area contributed by atoms with Crippen LogP contribution < -0.4 is 5.32 Å². The number of hydrogen-bond acceptors (Lipinski definition) is 17. The molecule has 8 saturated heterocycles. The van der Waals surface area contributed by atoms with Crippen LogP contribution in [0.4, 0.5) is 4.79 Å². The molecule has 1 amide bonds. The normalized spacial score (nSPS) is 41.2. The first-order valence-electron chi connectivity index (χ1n) is 26.4. The van der Waals surface area contributed by atoms with Crippen molar-refractivity contribution in [2.24, 2.45) is 17.0 Å². The van der Waals surface area contributed by atoms with Crippen LogP contribution in [0.2, 0.25) is 0 Å². The summed E-state index contributed by atoms with van der Waals surface area (Å²) in [5.41, 5.74) is 2.18. The number of hydrogen-bond donors (Lipinski definition) is 4. The van der Waals surface area contributed by atoms with Gasteiger partial charge in [0.25, 0.3) is 0 Å². The fourth-order valence-electron chi connectivity index (χ4n) is 12.5. The number of alkyl carbamates (subject to hydrolysis) is 1. The number of carbonyl (C=O) groups excluding carboxylic acids is 1. The summed E-state index contributed by atoms with van der Waals surface area (Å²) in [4.78, 5) is 13.8. The van der Waals surface area contributed by atoms with Crippen LogP contribution in [0.1, 0.15) is 118 Å². The maximum atomic E-state index is 11.8. The smallest absolute Gasteiger partial charge is 0.407 e. The van der Waals surface area contributed by atoms with Crippen molar-refractivity contribution in [3.63, 3.8) is 0 Å². The molecule has 8 aliphatic rings. The largest absolute Gasteiger partial charge is 0.444 e. The van der Waals surface area contributed by atoms with E-state index in [4.69, 9.17) is 52.1 Å². The number of aliphatic hydroxyl groups excluding tert-OH is 2. The second kappa shape index (κ2) is 23.9. The number of fused-ring (bicyclic) bond motifs is 9. The number of rotatable bonds is 14. The van der Waals surface area contributed by atoms with Crippen LogP contribution >= 0.6 is 0 Å². The third kappa shape index (κ3) is 13.7. The summed E-state index contributed by atoms with van der Waals surface area (Å²) in [6.45, 7) is 19.6. The van der Waals surface area contributed by atoms with Crippen LogP contribution in [0.3, 0.4) is 0 Å². The van der Waals surface area contributed by atoms with Crippen LogP contribution in [0, 0.1) is 11.8 Å². The van der Waals surface area contributed by atoms with E-state index >= 15 is 0 Å². The van der Waals surface area contributed by atoms with Gasteiger partial charge in [-0.1, -0.05) is 25.2 Å². The van der Waals surface area contributed by atoms with Crippen LogP contribution in [0.25, 0.3) is 0 Å². The third-order valence-corrected chi connectivity index (χ3v) is 15.9. The van der Waals surface area contributed by atoms with Crippen molar-refractivity contribution < 1.29 is 72.3 Å². The van der Waals surface area contributed by atoms with E-state index in [1.165, 1.54) is 0 Å². The van der Waals surface area contributed by atoms with E-state index < -0.39 is 48.0 Å². The molecule has 0 aromatic heterocycles. The van der Waals surface area contributed by atoms with Gasteiger partial charge in [-0.15, -0.1) is 0 Å². The minimum Gasteiger partial charge on any atom is -0.444 e. The van der Waals surface area contributed by atoms with Gasteiger partial charge in [-0.05, 0) is 96.2 Å². The van der Waals surface area contributed by atoms with Crippen molar-refractivity contribution in [1.82, 2.24) is 10.2 Å². The minimum atomic E-state index is -0.970. The highest BCUT2D eigenvalue weighted by molar-refractivity contribution is 5.84. The molecule has 1 spiro atoms. The van der Waals surface area contributed by atoms with E-state index in [1.54, 1.807) is 7.11 Å². The topological polar surface area (TPSA) is 207 Å². The molecule has 0 aliphatic carbocycles. The second-order valence-electron chi connectivity index (χ2n) is 22.5. The van der Waals surface area contributed by atoms with E-state index in [0.717, 1.165) is 43.3 Å². The molecular formula is C52H85N3O15. The number of likely N-dealkylation sites (N-methyl/N-ethyl adjacent to an activating group) is 1. The van der Waals surface area contributed by atoms with E-state index in [0.29, 0.717) is 110 Å². The molecule has 0 saturated carbocycles. The van der Waals surface area contributed by atoms with Crippen LogP contribution in [0.15, 0.2) is 29.5 Å². The molecule has 8 aliphatic heterocycles. The number of oxime groups is 1. The first-order valence-corrected chi connectivity index (χ1v) is 26.4. The zero-order valence-corrected chi connectivity index (χ0v) is 42.7.